The largest absolute Gasteiger partial charge is 0.282 e. The van der Waals surface area contributed by atoms with Crippen LogP contribution in [0.4, 0.5) is 0 Å². The normalized spacial score (nSPS) is 11.3. The van der Waals surface area contributed by atoms with Gasteiger partial charge in [-0.1, -0.05) is 48.5 Å². The van der Waals surface area contributed by atoms with E-state index in [2.05, 4.69) is 48.2 Å². The number of hydrogen-bond donors (Lipinski definition) is 0. The lowest BCUT2D eigenvalue weighted by molar-refractivity contribution is 0.650. The molecule has 1 aromatic carbocycles. The number of aryl methyl sites for hydroxylation is 2. The highest BCUT2D eigenvalue weighted by Gasteiger charge is 2.14. The van der Waals surface area contributed by atoms with Gasteiger partial charge in [0.25, 0.3) is 5.56 Å². The molecule has 3 rings (SSSR count). The van der Waals surface area contributed by atoms with Crippen LogP contribution < -0.4 is 5.56 Å². The molecule has 0 atom stereocenters. The van der Waals surface area contributed by atoms with Crippen molar-refractivity contribution < 1.29 is 0 Å². The smallest absolute Gasteiger partial charge is 0.281 e. The molecule has 5 nitrogen and oxygen atoms in total. The van der Waals surface area contributed by atoms with E-state index < -0.39 is 0 Å². The fourth-order valence-electron chi connectivity index (χ4n) is 2.44. The Morgan fingerprint density at radius 3 is 2.57 bits per heavy atom. The van der Waals surface area contributed by atoms with Crippen LogP contribution in [0.5, 0.6) is 0 Å². The summed E-state index contributed by atoms with van der Waals surface area (Å²) in [5.74, 6) is 0.869. The Kier molecular flexibility index (Phi) is 4.52. The molecule has 0 amide bonds. The standard InChI is InChI=1S/C17H20N4OS/c1-4-20-11-14-15(19-20)16(22)21(17(18-14)23-5-2)10-13-8-6-12(3)7-9-13/h6-9,11H,4-5,10H2,1-3H3. The van der Waals surface area contributed by atoms with Gasteiger partial charge in [0.2, 0.25) is 0 Å². The van der Waals surface area contributed by atoms with Gasteiger partial charge in [0.1, 0.15) is 5.52 Å². The molecular weight excluding hydrogens is 308 g/mol. The van der Waals surface area contributed by atoms with E-state index in [1.807, 2.05) is 13.1 Å². The van der Waals surface area contributed by atoms with Crippen LogP contribution in [0.2, 0.25) is 0 Å². The maximum absolute atomic E-state index is 12.9. The van der Waals surface area contributed by atoms with E-state index in [0.29, 0.717) is 17.6 Å². The lowest BCUT2D eigenvalue weighted by Crippen LogP contribution is -2.24. The minimum absolute atomic E-state index is 0.0706. The molecule has 0 saturated heterocycles. The van der Waals surface area contributed by atoms with Gasteiger partial charge >= 0.3 is 0 Å². The molecule has 0 aliphatic heterocycles. The number of rotatable bonds is 5. The molecule has 0 spiro atoms. The summed E-state index contributed by atoms with van der Waals surface area (Å²) in [6.45, 7) is 7.36. The fraction of sp³-hybridized carbons (Fsp3) is 0.353. The molecule has 6 heteroatoms. The van der Waals surface area contributed by atoms with Gasteiger partial charge in [0, 0.05) is 6.54 Å². The summed E-state index contributed by atoms with van der Waals surface area (Å²) < 4.78 is 3.49. The predicted molar refractivity (Wildman–Crippen MR) is 94.1 cm³/mol. The number of nitrogens with zero attached hydrogens (tertiary/aromatic N) is 4. The molecule has 2 aromatic heterocycles. The zero-order chi connectivity index (χ0) is 16.4. The summed E-state index contributed by atoms with van der Waals surface area (Å²) in [4.78, 5) is 17.5. The van der Waals surface area contributed by atoms with Gasteiger partial charge in [0.15, 0.2) is 10.7 Å². The van der Waals surface area contributed by atoms with Crippen molar-refractivity contribution in [3.05, 3.63) is 51.9 Å². The van der Waals surface area contributed by atoms with Crippen molar-refractivity contribution in [3.63, 3.8) is 0 Å². The van der Waals surface area contributed by atoms with Gasteiger partial charge in [-0.3, -0.25) is 14.0 Å². The first-order valence-corrected chi connectivity index (χ1v) is 8.77. The second-order valence-electron chi connectivity index (χ2n) is 5.42. The molecule has 0 fully saturated rings. The van der Waals surface area contributed by atoms with Gasteiger partial charge in [-0.25, -0.2) is 4.98 Å². The topological polar surface area (TPSA) is 52.7 Å². The van der Waals surface area contributed by atoms with Gasteiger partial charge in [0.05, 0.1) is 12.7 Å². The maximum Gasteiger partial charge on any atom is 0.282 e. The van der Waals surface area contributed by atoms with Crippen molar-refractivity contribution in [2.45, 2.75) is 39.0 Å². The molecular formula is C17H20N4OS. The molecule has 0 unspecified atom stereocenters. The first-order valence-electron chi connectivity index (χ1n) is 7.78. The monoisotopic (exact) mass is 328 g/mol. The molecule has 0 saturated carbocycles. The Hall–Kier alpha value is -2.08. The van der Waals surface area contributed by atoms with Crippen LogP contribution >= 0.6 is 11.8 Å². The van der Waals surface area contributed by atoms with Crippen LogP contribution in [0.1, 0.15) is 25.0 Å². The second kappa shape index (κ2) is 6.58. The van der Waals surface area contributed by atoms with E-state index in [0.717, 1.165) is 23.0 Å². The van der Waals surface area contributed by atoms with Crippen molar-refractivity contribution in [1.29, 1.82) is 0 Å². The summed E-state index contributed by atoms with van der Waals surface area (Å²) >= 11 is 1.58. The van der Waals surface area contributed by atoms with Crippen molar-refractivity contribution in [1.82, 2.24) is 19.3 Å². The Balaban J connectivity index is 2.12. The average Bonchev–Trinajstić information content (AvgIpc) is 2.96. The molecule has 0 bridgehead atoms. The molecule has 120 valence electrons. The SMILES string of the molecule is CCSc1nc2cn(CC)nc2c(=O)n1Cc1ccc(C)cc1. The fourth-order valence-corrected chi connectivity index (χ4v) is 3.16. The lowest BCUT2D eigenvalue weighted by atomic mass is 10.1. The third kappa shape index (κ3) is 3.17. The highest BCUT2D eigenvalue weighted by atomic mass is 32.2. The molecule has 0 radical (unpaired) electrons. The number of fused-ring (bicyclic) bond motifs is 1. The van der Waals surface area contributed by atoms with E-state index in [1.54, 1.807) is 21.0 Å². The zero-order valence-electron chi connectivity index (χ0n) is 13.6. The summed E-state index contributed by atoms with van der Waals surface area (Å²) in [6, 6.07) is 8.23. The van der Waals surface area contributed by atoms with Gasteiger partial charge in [-0.05, 0) is 25.2 Å². The van der Waals surface area contributed by atoms with E-state index in [-0.39, 0.29) is 5.56 Å². The number of aromatic nitrogens is 4. The Morgan fingerprint density at radius 1 is 1.17 bits per heavy atom. The molecule has 3 aromatic rings. The third-order valence-electron chi connectivity index (χ3n) is 3.70. The van der Waals surface area contributed by atoms with Crippen LogP contribution in [-0.2, 0) is 13.1 Å². The number of hydrogen-bond acceptors (Lipinski definition) is 4. The van der Waals surface area contributed by atoms with Gasteiger partial charge in [-0.2, -0.15) is 5.10 Å². The predicted octanol–water partition coefficient (Wildman–Crippen LogP) is 3.08. The molecule has 0 N–H and O–H groups in total. The summed E-state index contributed by atoms with van der Waals surface area (Å²) in [5, 5.41) is 5.11. The molecule has 2 heterocycles. The highest BCUT2D eigenvalue weighted by molar-refractivity contribution is 7.99. The first kappa shape index (κ1) is 15.8. The number of benzene rings is 1. The average molecular weight is 328 g/mol. The van der Waals surface area contributed by atoms with Crippen molar-refractivity contribution in [3.8, 4) is 0 Å². The highest BCUT2D eigenvalue weighted by Crippen LogP contribution is 2.18. The number of thioether (sulfide) groups is 1. The minimum atomic E-state index is -0.0706. The molecule has 0 aliphatic rings. The van der Waals surface area contributed by atoms with Crippen LogP contribution in [0.3, 0.4) is 0 Å². The third-order valence-corrected chi connectivity index (χ3v) is 4.55. The summed E-state index contributed by atoms with van der Waals surface area (Å²) in [7, 11) is 0. The van der Waals surface area contributed by atoms with Crippen molar-refractivity contribution in [2.75, 3.05) is 5.75 Å². The van der Waals surface area contributed by atoms with Crippen LogP contribution in [-0.4, -0.2) is 25.1 Å². The van der Waals surface area contributed by atoms with E-state index in [9.17, 15) is 4.79 Å². The Morgan fingerprint density at radius 2 is 1.91 bits per heavy atom. The zero-order valence-corrected chi connectivity index (χ0v) is 14.4. The van der Waals surface area contributed by atoms with Gasteiger partial charge < -0.3 is 0 Å². The molecule has 23 heavy (non-hydrogen) atoms. The molecule has 0 aliphatic carbocycles. The first-order chi connectivity index (χ1) is 11.1. The van der Waals surface area contributed by atoms with E-state index in [4.69, 9.17) is 0 Å². The van der Waals surface area contributed by atoms with Crippen molar-refractivity contribution in [2.24, 2.45) is 0 Å². The second-order valence-corrected chi connectivity index (χ2v) is 6.65. The van der Waals surface area contributed by atoms with E-state index >= 15 is 0 Å². The van der Waals surface area contributed by atoms with Crippen LogP contribution in [0.15, 0.2) is 40.4 Å². The Labute approximate surface area is 139 Å². The summed E-state index contributed by atoms with van der Waals surface area (Å²) in [6.07, 6.45) is 1.84. The van der Waals surface area contributed by atoms with E-state index in [1.165, 1.54) is 5.56 Å². The van der Waals surface area contributed by atoms with Crippen LogP contribution in [0.25, 0.3) is 11.0 Å². The Bertz CT molecular complexity index is 880. The maximum atomic E-state index is 12.9. The van der Waals surface area contributed by atoms with Crippen molar-refractivity contribution >= 4 is 22.8 Å². The summed E-state index contributed by atoms with van der Waals surface area (Å²) in [5.41, 5.74) is 3.34. The van der Waals surface area contributed by atoms with Crippen LogP contribution in [0, 0.1) is 6.92 Å². The van der Waals surface area contributed by atoms with Gasteiger partial charge in [-0.15, -0.1) is 0 Å². The minimum Gasteiger partial charge on any atom is -0.281 e. The lowest BCUT2D eigenvalue weighted by Gasteiger charge is -2.11. The quantitative estimate of drug-likeness (QED) is 0.533.